The van der Waals surface area contributed by atoms with Crippen LogP contribution in [0.25, 0.3) is 0 Å². The Kier molecular flexibility index (Phi) is 5.32. The Morgan fingerprint density at radius 1 is 1.21 bits per heavy atom. The van der Waals surface area contributed by atoms with E-state index >= 15 is 0 Å². The van der Waals surface area contributed by atoms with Gasteiger partial charge in [0.2, 0.25) is 15.9 Å². The van der Waals surface area contributed by atoms with Gasteiger partial charge in [-0.15, -0.1) is 0 Å². The summed E-state index contributed by atoms with van der Waals surface area (Å²) in [6.45, 7) is 4.73. The molecule has 2 fully saturated rings. The highest BCUT2D eigenvalue weighted by Crippen LogP contribution is 2.36. The van der Waals surface area contributed by atoms with Crippen LogP contribution in [0.2, 0.25) is 0 Å². The first-order valence-electron chi connectivity index (χ1n) is 9.65. The van der Waals surface area contributed by atoms with Gasteiger partial charge in [0.05, 0.1) is 6.04 Å². The van der Waals surface area contributed by atoms with E-state index in [4.69, 9.17) is 4.52 Å². The number of sulfonamides is 1. The topological polar surface area (TPSA) is 83.7 Å². The van der Waals surface area contributed by atoms with Crippen LogP contribution in [0.15, 0.2) is 26.2 Å². The molecule has 2 aliphatic rings. The van der Waals surface area contributed by atoms with E-state index in [-0.39, 0.29) is 22.8 Å². The molecule has 2 aliphatic heterocycles. The van der Waals surface area contributed by atoms with Crippen molar-refractivity contribution >= 4 is 27.3 Å². The van der Waals surface area contributed by atoms with Gasteiger partial charge in [0, 0.05) is 25.6 Å². The maximum atomic E-state index is 13.1. The molecule has 28 heavy (non-hydrogen) atoms. The molecule has 2 aromatic rings. The van der Waals surface area contributed by atoms with Crippen LogP contribution in [0.5, 0.6) is 0 Å². The molecule has 152 valence electrons. The summed E-state index contributed by atoms with van der Waals surface area (Å²) in [6.07, 6.45) is 3.12. The highest BCUT2D eigenvalue weighted by atomic mass is 32.2. The summed E-state index contributed by atoms with van der Waals surface area (Å²) in [4.78, 5) is 15.3. The maximum absolute atomic E-state index is 13.1. The number of thiophene rings is 1. The normalized spacial score (nSPS) is 22.1. The van der Waals surface area contributed by atoms with Gasteiger partial charge in [-0.2, -0.15) is 15.6 Å². The molecular weight excluding hydrogens is 398 g/mol. The fourth-order valence-electron chi connectivity index (χ4n) is 4.39. The van der Waals surface area contributed by atoms with E-state index in [1.165, 1.54) is 9.87 Å². The van der Waals surface area contributed by atoms with Crippen molar-refractivity contribution in [2.45, 2.75) is 50.5 Å². The fraction of sp³-hybridized carbons (Fsp3) is 0.579. The van der Waals surface area contributed by atoms with Gasteiger partial charge in [-0.3, -0.25) is 4.79 Å². The highest BCUT2D eigenvalue weighted by Gasteiger charge is 2.39. The number of piperidine rings is 1. The summed E-state index contributed by atoms with van der Waals surface area (Å²) >= 11 is 1.66. The molecule has 1 atom stereocenters. The Morgan fingerprint density at radius 2 is 1.96 bits per heavy atom. The number of carbonyl (C=O) groups excluding carboxylic acids is 1. The monoisotopic (exact) mass is 423 g/mol. The summed E-state index contributed by atoms with van der Waals surface area (Å²) in [6, 6.07) is 2.27. The quantitative estimate of drug-likeness (QED) is 0.754. The molecule has 0 unspecified atom stereocenters. The summed E-state index contributed by atoms with van der Waals surface area (Å²) in [5.74, 6) is 0.366. The zero-order chi connectivity index (χ0) is 19.9. The minimum absolute atomic E-state index is 0.115. The minimum atomic E-state index is -3.64. The molecule has 0 aliphatic carbocycles. The van der Waals surface area contributed by atoms with Crippen molar-refractivity contribution in [3.8, 4) is 0 Å². The summed E-state index contributed by atoms with van der Waals surface area (Å²) in [5, 5.41) is 7.93. The average Bonchev–Trinajstić information content (AvgIpc) is 3.42. The van der Waals surface area contributed by atoms with E-state index in [1.807, 2.05) is 10.3 Å². The van der Waals surface area contributed by atoms with Gasteiger partial charge in [0.15, 0.2) is 5.76 Å². The Balaban J connectivity index is 1.43. The van der Waals surface area contributed by atoms with Gasteiger partial charge >= 0.3 is 0 Å². The lowest BCUT2D eigenvalue weighted by Gasteiger charge is -2.34. The van der Waals surface area contributed by atoms with Crippen molar-refractivity contribution in [3.05, 3.63) is 33.8 Å². The van der Waals surface area contributed by atoms with Crippen LogP contribution in [0.4, 0.5) is 0 Å². The molecule has 0 spiro atoms. The largest absolute Gasteiger partial charge is 0.360 e. The van der Waals surface area contributed by atoms with Crippen molar-refractivity contribution < 1.29 is 17.7 Å². The van der Waals surface area contributed by atoms with Crippen molar-refractivity contribution in [3.63, 3.8) is 0 Å². The molecule has 9 heteroatoms. The van der Waals surface area contributed by atoms with Crippen molar-refractivity contribution in [2.24, 2.45) is 5.92 Å². The first kappa shape index (κ1) is 19.6. The molecule has 0 radical (unpaired) electrons. The number of aryl methyl sites for hydroxylation is 2. The van der Waals surface area contributed by atoms with Crippen molar-refractivity contribution in [1.82, 2.24) is 14.4 Å². The second-order valence-corrected chi connectivity index (χ2v) is 10.2. The van der Waals surface area contributed by atoms with Gasteiger partial charge < -0.3 is 9.42 Å². The summed E-state index contributed by atoms with van der Waals surface area (Å²) in [5.41, 5.74) is 1.60. The number of amides is 1. The van der Waals surface area contributed by atoms with E-state index in [9.17, 15) is 13.2 Å². The molecular formula is C19H25N3O4S2. The third kappa shape index (κ3) is 3.40. The number of carbonyl (C=O) groups is 1. The zero-order valence-electron chi connectivity index (χ0n) is 16.1. The van der Waals surface area contributed by atoms with Gasteiger partial charge in [-0.1, -0.05) is 5.16 Å². The predicted molar refractivity (Wildman–Crippen MR) is 105 cm³/mol. The maximum Gasteiger partial charge on any atom is 0.248 e. The summed E-state index contributed by atoms with van der Waals surface area (Å²) in [7, 11) is -3.64. The molecule has 4 rings (SSSR count). The lowest BCUT2D eigenvalue weighted by Crippen LogP contribution is -2.44. The third-order valence-corrected chi connectivity index (χ3v) is 8.68. The van der Waals surface area contributed by atoms with Crippen LogP contribution in [-0.4, -0.2) is 48.3 Å². The third-order valence-electron chi connectivity index (χ3n) is 5.83. The predicted octanol–water partition coefficient (Wildman–Crippen LogP) is 3.12. The van der Waals surface area contributed by atoms with E-state index in [2.05, 4.69) is 16.6 Å². The van der Waals surface area contributed by atoms with Gasteiger partial charge in [-0.25, -0.2) is 8.42 Å². The van der Waals surface area contributed by atoms with Crippen LogP contribution in [0.3, 0.4) is 0 Å². The first-order chi connectivity index (χ1) is 13.4. The Bertz CT molecular complexity index is 924. The van der Waals surface area contributed by atoms with Crippen LogP contribution >= 0.6 is 11.3 Å². The Labute approximate surface area is 169 Å². The number of hydrogen-bond donors (Lipinski definition) is 0. The van der Waals surface area contributed by atoms with Gasteiger partial charge in [0.1, 0.15) is 10.6 Å². The standard InChI is InChI=1S/C19H25N3O4S2/c1-13-18(14(2)26-20-13)28(24,25)21-9-5-15(6-10-21)19(23)22-8-3-4-17(22)16-7-11-27-12-16/h7,11-12,15,17H,3-6,8-10H2,1-2H3/t17-/m0/s1. The number of likely N-dealkylation sites (tertiary alicyclic amines) is 1. The van der Waals surface area contributed by atoms with Crippen LogP contribution in [0, 0.1) is 19.8 Å². The Morgan fingerprint density at radius 3 is 2.57 bits per heavy atom. The van der Waals surface area contributed by atoms with E-state index in [1.54, 1.807) is 25.2 Å². The molecule has 2 saturated heterocycles. The van der Waals surface area contributed by atoms with Crippen LogP contribution < -0.4 is 0 Å². The second-order valence-electron chi connectivity index (χ2n) is 7.58. The minimum Gasteiger partial charge on any atom is -0.360 e. The van der Waals surface area contributed by atoms with E-state index in [0.29, 0.717) is 37.4 Å². The van der Waals surface area contributed by atoms with Gasteiger partial charge in [0.25, 0.3) is 0 Å². The zero-order valence-corrected chi connectivity index (χ0v) is 17.8. The van der Waals surface area contributed by atoms with Crippen molar-refractivity contribution in [1.29, 1.82) is 0 Å². The second kappa shape index (κ2) is 7.61. The van der Waals surface area contributed by atoms with Crippen molar-refractivity contribution in [2.75, 3.05) is 19.6 Å². The Hall–Kier alpha value is -1.71. The van der Waals surface area contributed by atoms with E-state index in [0.717, 1.165) is 19.4 Å². The molecule has 0 bridgehead atoms. The van der Waals surface area contributed by atoms with Crippen LogP contribution in [-0.2, 0) is 14.8 Å². The van der Waals surface area contributed by atoms with E-state index < -0.39 is 10.0 Å². The highest BCUT2D eigenvalue weighted by molar-refractivity contribution is 7.89. The number of nitrogens with zero attached hydrogens (tertiary/aromatic N) is 3. The molecule has 0 saturated carbocycles. The lowest BCUT2D eigenvalue weighted by atomic mass is 9.95. The first-order valence-corrected chi connectivity index (χ1v) is 12.0. The lowest BCUT2D eigenvalue weighted by molar-refractivity contribution is -0.137. The molecule has 2 aromatic heterocycles. The molecule has 4 heterocycles. The van der Waals surface area contributed by atoms with Crippen LogP contribution in [0.1, 0.15) is 48.7 Å². The smallest absolute Gasteiger partial charge is 0.248 e. The SMILES string of the molecule is Cc1noc(C)c1S(=O)(=O)N1CCC(C(=O)N2CCC[C@H]2c2ccsc2)CC1. The number of rotatable bonds is 4. The molecule has 7 nitrogen and oxygen atoms in total. The van der Waals surface area contributed by atoms with Gasteiger partial charge in [-0.05, 0) is 61.9 Å². The molecule has 1 amide bonds. The number of hydrogen-bond acceptors (Lipinski definition) is 6. The number of aromatic nitrogens is 1. The molecule has 0 aromatic carbocycles. The molecule has 0 N–H and O–H groups in total. The average molecular weight is 424 g/mol. The summed E-state index contributed by atoms with van der Waals surface area (Å²) < 4.78 is 32.4. The fourth-order valence-corrected chi connectivity index (χ4v) is 6.86.